The summed E-state index contributed by atoms with van der Waals surface area (Å²) in [5, 5.41) is 3.82. The Morgan fingerprint density at radius 2 is 1.71 bits per heavy atom. The van der Waals surface area contributed by atoms with Gasteiger partial charge in [-0.2, -0.15) is 0 Å². The van der Waals surface area contributed by atoms with Crippen molar-refractivity contribution in [2.45, 2.75) is 13.8 Å². The van der Waals surface area contributed by atoms with Gasteiger partial charge in [0.2, 0.25) is 0 Å². The predicted octanol–water partition coefficient (Wildman–Crippen LogP) is 3.77. The standard InChI is InChI=1S/C22H22N2O4/c1-14-17(22(26)24-10-12-27-13-11-24)7-5-8-18(14)23-21(25)20-15(2)16-6-3-4-9-19(16)28-20/h3-9H,10-13H2,1-2H3,(H,23,25). The summed E-state index contributed by atoms with van der Waals surface area (Å²) < 4.78 is 11.1. The number of amides is 2. The van der Waals surface area contributed by atoms with Gasteiger partial charge in [-0.3, -0.25) is 9.59 Å². The molecule has 3 aromatic rings. The van der Waals surface area contributed by atoms with Crippen molar-refractivity contribution in [2.24, 2.45) is 0 Å². The average Bonchev–Trinajstić information content (AvgIpc) is 3.07. The smallest absolute Gasteiger partial charge is 0.291 e. The summed E-state index contributed by atoms with van der Waals surface area (Å²) >= 11 is 0. The van der Waals surface area contributed by atoms with Gasteiger partial charge in [0.1, 0.15) is 5.58 Å². The van der Waals surface area contributed by atoms with Crippen molar-refractivity contribution >= 4 is 28.5 Å². The molecule has 2 amide bonds. The number of fused-ring (bicyclic) bond motifs is 1. The van der Waals surface area contributed by atoms with Crippen molar-refractivity contribution in [3.05, 3.63) is 64.9 Å². The van der Waals surface area contributed by atoms with Crippen LogP contribution in [0.4, 0.5) is 5.69 Å². The lowest BCUT2D eigenvalue weighted by atomic mass is 10.0. The van der Waals surface area contributed by atoms with Gasteiger partial charge in [0.25, 0.3) is 11.8 Å². The summed E-state index contributed by atoms with van der Waals surface area (Å²) in [5.41, 5.74) is 3.40. The Balaban J connectivity index is 1.60. The Labute approximate surface area is 163 Å². The third kappa shape index (κ3) is 3.27. The molecule has 0 bridgehead atoms. The van der Waals surface area contributed by atoms with E-state index in [9.17, 15) is 9.59 Å². The zero-order valence-corrected chi connectivity index (χ0v) is 16.0. The highest BCUT2D eigenvalue weighted by molar-refractivity contribution is 6.07. The second-order valence-electron chi connectivity index (χ2n) is 6.89. The van der Waals surface area contributed by atoms with Crippen LogP contribution in [0.15, 0.2) is 46.9 Å². The molecular formula is C22H22N2O4. The number of anilines is 1. The zero-order valence-electron chi connectivity index (χ0n) is 16.0. The molecule has 28 heavy (non-hydrogen) atoms. The topological polar surface area (TPSA) is 71.8 Å². The summed E-state index contributed by atoms with van der Waals surface area (Å²) in [6.07, 6.45) is 0. The minimum absolute atomic E-state index is 0.0446. The van der Waals surface area contributed by atoms with Crippen LogP contribution in [0.2, 0.25) is 0 Å². The first kappa shape index (κ1) is 18.3. The highest BCUT2D eigenvalue weighted by Gasteiger charge is 2.22. The van der Waals surface area contributed by atoms with E-state index in [1.54, 1.807) is 23.1 Å². The normalized spacial score (nSPS) is 14.3. The molecule has 0 saturated carbocycles. The number of morpholine rings is 1. The first-order valence-electron chi connectivity index (χ1n) is 9.32. The first-order chi connectivity index (χ1) is 13.6. The minimum atomic E-state index is -0.326. The summed E-state index contributed by atoms with van der Waals surface area (Å²) in [6.45, 7) is 5.96. The lowest BCUT2D eigenvalue weighted by Gasteiger charge is -2.27. The molecule has 1 saturated heterocycles. The number of furan rings is 1. The monoisotopic (exact) mass is 378 g/mol. The molecule has 1 aromatic heterocycles. The summed E-state index contributed by atoms with van der Waals surface area (Å²) in [6, 6.07) is 12.9. The van der Waals surface area contributed by atoms with Crippen LogP contribution in [0.3, 0.4) is 0 Å². The van der Waals surface area contributed by atoms with Crippen molar-refractivity contribution < 1.29 is 18.7 Å². The van der Waals surface area contributed by atoms with Crippen LogP contribution < -0.4 is 5.32 Å². The third-order valence-corrected chi connectivity index (χ3v) is 5.16. The van der Waals surface area contributed by atoms with Crippen molar-refractivity contribution in [2.75, 3.05) is 31.6 Å². The largest absolute Gasteiger partial charge is 0.451 e. The van der Waals surface area contributed by atoms with E-state index >= 15 is 0 Å². The van der Waals surface area contributed by atoms with Gasteiger partial charge in [0.15, 0.2) is 5.76 Å². The molecule has 0 atom stereocenters. The van der Waals surface area contributed by atoms with E-state index in [-0.39, 0.29) is 17.6 Å². The molecule has 1 N–H and O–H groups in total. The number of hydrogen-bond donors (Lipinski definition) is 1. The van der Waals surface area contributed by atoms with Crippen LogP contribution in [0.25, 0.3) is 11.0 Å². The molecule has 144 valence electrons. The lowest BCUT2D eigenvalue weighted by molar-refractivity contribution is 0.0302. The van der Waals surface area contributed by atoms with E-state index in [1.807, 2.05) is 38.1 Å². The fourth-order valence-corrected chi connectivity index (χ4v) is 3.51. The Hall–Kier alpha value is -3.12. The SMILES string of the molecule is Cc1c(NC(=O)c2oc3ccccc3c2C)cccc1C(=O)N1CCOCC1. The molecule has 6 heteroatoms. The molecule has 6 nitrogen and oxygen atoms in total. The van der Waals surface area contributed by atoms with E-state index in [1.165, 1.54) is 0 Å². The summed E-state index contributed by atoms with van der Waals surface area (Å²) in [4.78, 5) is 27.4. The van der Waals surface area contributed by atoms with Crippen molar-refractivity contribution in [3.63, 3.8) is 0 Å². The molecule has 1 aliphatic rings. The molecule has 0 unspecified atom stereocenters. The molecule has 1 fully saturated rings. The predicted molar refractivity (Wildman–Crippen MR) is 107 cm³/mol. The van der Waals surface area contributed by atoms with E-state index < -0.39 is 0 Å². The summed E-state index contributed by atoms with van der Waals surface area (Å²) in [7, 11) is 0. The Bertz CT molecular complexity index is 1050. The zero-order chi connectivity index (χ0) is 19.7. The van der Waals surface area contributed by atoms with Crippen molar-refractivity contribution in [1.82, 2.24) is 4.90 Å². The number of ether oxygens (including phenoxy) is 1. The highest BCUT2D eigenvalue weighted by Crippen LogP contribution is 2.27. The fraction of sp³-hybridized carbons (Fsp3) is 0.273. The Morgan fingerprint density at radius 3 is 2.46 bits per heavy atom. The molecule has 4 rings (SSSR count). The molecule has 2 heterocycles. The summed E-state index contributed by atoms with van der Waals surface area (Å²) in [5.74, 6) is -0.0879. The number of benzene rings is 2. The van der Waals surface area contributed by atoms with Crippen LogP contribution in [-0.2, 0) is 4.74 Å². The van der Waals surface area contributed by atoms with E-state index in [0.29, 0.717) is 43.1 Å². The van der Waals surface area contributed by atoms with Crippen LogP contribution in [0, 0.1) is 13.8 Å². The first-order valence-corrected chi connectivity index (χ1v) is 9.32. The van der Waals surface area contributed by atoms with Crippen LogP contribution in [0.5, 0.6) is 0 Å². The maximum absolute atomic E-state index is 12.8. The number of aryl methyl sites for hydroxylation is 1. The van der Waals surface area contributed by atoms with E-state index in [0.717, 1.165) is 16.5 Å². The molecule has 0 radical (unpaired) electrons. The number of carbonyl (C=O) groups is 2. The fourth-order valence-electron chi connectivity index (χ4n) is 3.51. The van der Waals surface area contributed by atoms with Gasteiger partial charge in [-0.05, 0) is 37.6 Å². The Morgan fingerprint density at radius 1 is 0.964 bits per heavy atom. The van der Waals surface area contributed by atoms with Gasteiger partial charge in [-0.25, -0.2) is 0 Å². The minimum Gasteiger partial charge on any atom is -0.451 e. The van der Waals surface area contributed by atoms with Crippen molar-refractivity contribution in [1.29, 1.82) is 0 Å². The van der Waals surface area contributed by atoms with E-state index in [4.69, 9.17) is 9.15 Å². The molecule has 1 aliphatic heterocycles. The number of hydrogen-bond acceptors (Lipinski definition) is 4. The maximum Gasteiger partial charge on any atom is 0.291 e. The quantitative estimate of drug-likeness (QED) is 0.753. The second-order valence-corrected chi connectivity index (χ2v) is 6.89. The highest BCUT2D eigenvalue weighted by atomic mass is 16.5. The van der Waals surface area contributed by atoms with E-state index in [2.05, 4.69) is 5.32 Å². The van der Waals surface area contributed by atoms with Gasteiger partial charge in [-0.15, -0.1) is 0 Å². The van der Waals surface area contributed by atoms with Crippen molar-refractivity contribution in [3.8, 4) is 0 Å². The molecule has 2 aromatic carbocycles. The van der Waals surface area contributed by atoms with Gasteiger partial charge in [0, 0.05) is 35.3 Å². The number of carbonyl (C=O) groups excluding carboxylic acids is 2. The van der Waals surface area contributed by atoms with Crippen LogP contribution in [0.1, 0.15) is 32.0 Å². The third-order valence-electron chi connectivity index (χ3n) is 5.16. The average molecular weight is 378 g/mol. The Kier molecular flexibility index (Phi) is 4.88. The molecular weight excluding hydrogens is 356 g/mol. The molecule has 0 aliphatic carbocycles. The number of para-hydroxylation sites is 1. The van der Waals surface area contributed by atoms with Gasteiger partial charge < -0.3 is 19.4 Å². The lowest BCUT2D eigenvalue weighted by Crippen LogP contribution is -2.41. The van der Waals surface area contributed by atoms with Gasteiger partial charge in [0.05, 0.1) is 13.2 Å². The maximum atomic E-state index is 12.8. The van der Waals surface area contributed by atoms with Gasteiger partial charge >= 0.3 is 0 Å². The number of nitrogens with zero attached hydrogens (tertiary/aromatic N) is 1. The second kappa shape index (κ2) is 7.48. The van der Waals surface area contributed by atoms with Crippen LogP contribution in [-0.4, -0.2) is 43.0 Å². The van der Waals surface area contributed by atoms with Gasteiger partial charge in [-0.1, -0.05) is 24.3 Å². The number of nitrogens with one attached hydrogen (secondary N) is 1. The molecule has 0 spiro atoms. The van der Waals surface area contributed by atoms with Crippen LogP contribution >= 0.6 is 0 Å². The number of rotatable bonds is 3.